The van der Waals surface area contributed by atoms with Gasteiger partial charge in [-0.25, -0.2) is 4.39 Å². The lowest BCUT2D eigenvalue weighted by atomic mass is 9.97. The van der Waals surface area contributed by atoms with Crippen molar-refractivity contribution in [3.05, 3.63) is 0 Å². The van der Waals surface area contributed by atoms with Gasteiger partial charge in [-0.15, -0.1) is 3.94 Å². The van der Waals surface area contributed by atoms with Gasteiger partial charge in [-0.05, 0) is 70.8 Å². The molecule has 0 aliphatic heterocycles. The standard InChI is InChI=1S/C10H21Cl2FN2/c1-10(2,15(11)12)7-5-9(13)6-8-14(3)4/h9H,5-8H2,1-4H3. The zero-order valence-electron chi connectivity index (χ0n) is 9.93. The Labute approximate surface area is 103 Å². The second kappa shape index (κ2) is 6.89. The molecule has 0 bridgehead atoms. The molecule has 1 atom stereocenters. The minimum atomic E-state index is -0.778. The van der Waals surface area contributed by atoms with E-state index >= 15 is 0 Å². The molecular formula is C10H21Cl2FN2. The van der Waals surface area contributed by atoms with Crippen molar-refractivity contribution in [2.75, 3.05) is 20.6 Å². The maximum absolute atomic E-state index is 13.4. The van der Waals surface area contributed by atoms with Crippen LogP contribution in [-0.2, 0) is 0 Å². The molecule has 0 rings (SSSR count). The minimum Gasteiger partial charge on any atom is -0.309 e. The average molecular weight is 259 g/mol. The Balaban J connectivity index is 3.75. The number of rotatable bonds is 7. The Morgan fingerprint density at radius 1 is 1.20 bits per heavy atom. The third-order valence-corrected chi connectivity index (χ3v) is 3.33. The van der Waals surface area contributed by atoms with E-state index in [2.05, 4.69) is 0 Å². The summed E-state index contributed by atoms with van der Waals surface area (Å²) in [5.41, 5.74) is -0.369. The SMILES string of the molecule is CN(C)CCC(F)CCC(C)(C)N(Cl)Cl. The molecule has 0 N–H and O–H groups in total. The molecule has 0 aromatic carbocycles. The molecule has 0 saturated carbocycles. The van der Waals surface area contributed by atoms with Gasteiger partial charge in [0.2, 0.25) is 0 Å². The van der Waals surface area contributed by atoms with Crippen molar-refractivity contribution in [3.63, 3.8) is 0 Å². The average Bonchev–Trinajstić information content (AvgIpc) is 2.11. The summed E-state index contributed by atoms with van der Waals surface area (Å²) in [5.74, 6) is 0. The Morgan fingerprint density at radius 2 is 1.73 bits per heavy atom. The van der Waals surface area contributed by atoms with Gasteiger partial charge in [-0.1, -0.05) is 0 Å². The molecule has 92 valence electrons. The van der Waals surface area contributed by atoms with Crippen molar-refractivity contribution in [2.24, 2.45) is 0 Å². The van der Waals surface area contributed by atoms with E-state index in [1.807, 2.05) is 32.8 Å². The number of hydrogen-bond donors (Lipinski definition) is 0. The topological polar surface area (TPSA) is 6.48 Å². The molecule has 1 unspecified atom stereocenters. The molecule has 5 heteroatoms. The quantitative estimate of drug-likeness (QED) is 0.646. The van der Waals surface area contributed by atoms with Crippen LogP contribution >= 0.6 is 23.6 Å². The summed E-state index contributed by atoms with van der Waals surface area (Å²) in [6, 6.07) is 0. The summed E-state index contributed by atoms with van der Waals surface area (Å²) in [4.78, 5) is 1.98. The molecule has 2 nitrogen and oxygen atoms in total. The third kappa shape index (κ3) is 7.34. The van der Waals surface area contributed by atoms with Crippen molar-refractivity contribution >= 4 is 23.6 Å². The van der Waals surface area contributed by atoms with Crippen molar-refractivity contribution in [3.8, 4) is 0 Å². The first-order valence-electron chi connectivity index (χ1n) is 5.16. The van der Waals surface area contributed by atoms with E-state index in [4.69, 9.17) is 23.6 Å². The minimum absolute atomic E-state index is 0.369. The number of nitrogens with zero attached hydrogens (tertiary/aromatic N) is 2. The highest BCUT2D eigenvalue weighted by Crippen LogP contribution is 2.26. The van der Waals surface area contributed by atoms with Crippen LogP contribution in [0.15, 0.2) is 0 Å². The van der Waals surface area contributed by atoms with Crippen LogP contribution in [0.1, 0.15) is 33.1 Å². The lowest BCUT2D eigenvalue weighted by Crippen LogP contribution is -2.32. The van der Waals surface area contributed by atoms with E-state index in [9.17, 15) is 4.39 Å². The molecule has 0 amide bonds. The van der Waals surface area contributed by atoms with E-state index in [0.29, 0.717) is 19.3 Å². The van der Waals surface area contributed by atoms with Gasteiger partial charge in [0, 0.05) is 12.1 Å². The number of halogens is 3. The normalized spacial score (nSPS) is 15.0. The van der Waals surface area contributed by atoms with Crippen LogP contribution in [0.3, 0.4) is 0 Å². The van der Waals surface area contributed by atoms with E-state index in [-0.39, 0.29) is 5.54 Å². The predicted octanol–water partition coefficient (Wildman–Crippen LogP) is 3.44. The maximum atomic E-state index is 13.4. The lowest BCUT2D eigenvalue weighted by Gasteiger charge is -2.28. The molecule has 0 radical (unpaired) electrons. The van der Waals surface area contributed by atoms with E-state index in [0.717, 1.165) is 10.5 Å². The summed E-state index contributed by atoms with van der Waals surface area (Å²) in [6.45, 7) is 4.56. The molecule has 0 heterocycles. The zero-order chi connectivity index (χ0) is 12.1. The van der Waals surface area contributed by atoms with Gasteiger partial charge in [0.05, 0.1) is 0 Å². The third-order valence-electron chi connectivity index (χ3n) is 2.42. The van der Waals surface area contributed by atoms with E-state index in [1.165, 1.54) is 0 Å². The monoisotopic (exact) mass is 258 g/mol. The lowest BCUT2D eigenvalue weighted by molar-refractivity contribution is 0.221. The van der Waals surface area contributed by atoms with Crippen LogP contribution in [0.2, 0.25) is 0 Å². The van der Waals surface area contributed by atoms with Gasteiger partial charge in [0.25, 0.3) is 0 Å². The highest BCUT2D eigenvalue weighted by molar-refractivity contribution is 6.34. The van der Waals surface area contributed by atoms with Gasteiger partial charge in [0.1, 0.15) is 6.17 Å². The van der Waals surface area contributed by atoms with Crippen molar-refractivity contribution in [1.29, 1.82) is 0 Å². The second-order valence-corrected chi connectivity index (χ2v) is 5.62. The first kappa shape index (κ1) is 15.4. The fraction of sp³-hybridized carbons (Fsp3) is 1.00. The summed E-state index contributed by atoms with van der Waals surface area (Å²) in [6.07, 6.45) is 0.930. The van der Waals surface area contributed by atoms with Gasteiger partial charge in [-0.2, -0.15) is 0 Å². The molecule has 0 spiro atoms. The van der Waals surface area contributed by atoms with Crippen LogP contribution < -0.4 is 0 Å². The summed E-state index contributed by atoms with van der Waals surface area (Å²) in [7, 11) is 3.88. The van der Waals surface area contributed by atoms with Gasteiger partial charge >= 0.3 is 0 Å². The first-order chi connectivity index (χ1) is 6.75. The van der Waals surface area contributed by atoms with Crippen molar-refractivity contribution < 1.29 is 4.39 Å². The van der Waals surface area contributed by atoms with Crippen LogP contribution in [0.4, 0.5) is 4.39 Å². The number of hydrogen-bond acceptors (Lipinski definition) is 2. The van der Waals surface area contributed by atoms with Crippen LogP contribution in [0, 0.1) is 0 Å². The first-order valence-corrected chi connectivity index (χ1v) is 5.84. The Bertz CT molecular complexity index is 175. The fourth-order valence-corrected chi connectivity index (χ4v) is 1.31. The smallest absolute Gasteiger partial charge is 0.101 e. The molecule has 0 fully saturated rings. The van der Waals surface area contributed by atoms with Gasteiger partial charge in [-0.3, -0.25) is 0 Å². The summed E-state index contributed by atoms with van der Waals surface area (Å²) >= 11 is 11.3. The predicted molar refractivity (Wildman–Crippen MR) is 64.9 cm³/mol. The highest BCUT2D eigenvalue weighted by atomic mass is 35.5. The van der Waals surface area contributed by atoms with Crippen LogP contribution in [0.25, 0.3) is 0 Å². The van der Waals surface area contributed by atoms with Gasteiger partial charge < -0.3 is 4.90 Å². The zero-order valence-corrected chi connectivity index (χ0v) is 11.4. The Hall–Kier alpha value is 0.430. The molecule has 15 heavy (non-hydrogen) atoms. The molecular weight excluding hydrogens is 238 g/mol. The summed E-state index contributed by atoms with van der Waals surface area (Å²) in [5, 5.41) is 0. The molecule has 0 aliphatic carbocycles. The highest BCUT2D eigenvalue weighted by Gasteiger charge is 2.25. The van der Waals surface area contributed by atoms with Gasteiger partial charge in [0.15, 0.2) is 0 Å². The largest absolute Gasteiger partial charge is 0.309 e. The maximum Gasteiger partial charge on any atom is 0.101 e. The number of alkyl halides is 1. The molecule has 0 aromatic rings. The molecule has 0 saturated heterocycles. The Kier molecular flexibility index (Phi) is 7.09. The molecule has 0 aromatic heterocycles. The van der Waals surface area contributed by atoms with E-state index in [1.54, 1.807) is 0 Å². The van der Waals surface area contributed by atoms with Crippen LogP contribution in [0.5, 0.6) is 0 Å². The summed E-state index contributed by atoms with van der Waals surface area (Å²) < 4.78 is 14.5. The molecule has 0 aliphatic rings. The second-order valence-electron chi connectivity index (χ2n) is 4.77. The van der Waals surface area contributed by atoms with Crippen LogP contribution in [-0.4, -0.2) is 41.2 Å². The van der Waals surface area contributed by atoms with Crippen molar-refractivity contribution in [1.82, 2.24) is 8.84 Å². The van der Waals surface area contributed by atoms with E-state index < -0.39 is 6.17 Å². The van der Waals surface area contributed by atoms with Crippen molar-refractivity contribution in [2.45, 2.75) is 44.8 Å². The Morgan fingerprint density at radius 3 is 2.13 bits per heavy atom. The fourth-order valence-electron chi connectivity index (χ4n) is 1.14.